The van der Waals surface area contributed by atoms with Gasteiger partial charge in [0.05, 0.1) is 31.7 Å². The van der Waals surface area contributed by atoms with Crippen molar-refractivity contribution in [1.29, 1.82) is 0 Å². The van der Waals surface area contributed by atoms with Crippen LogP contribution in [0.5, 0.6) is 5.88 Å². The zero-order valence-electron chi connectivity index (χ0n) is 15.1. The summed E-state index contributed by atoms with van der Waals surface area (Å²) in [5, 5.41) is 11.9. The van der Waals surface area contributed by atoms with Crippen LogP contribution in [0.15, 0.2) is 12.1 Å². The van der Waals surface area contributed by atoms with Crippen molar-refractivity contribution in [2.45, 2.75) is 30.7 Å². The Labute approximate surface area is 164 Å². The number of carboxylic acid groups (broad SMARTS) is 1. The highest BCUT2D eigenvalue weighted by Crippen LogP contribution is 2.38. The number of halogens is 2. The van der Waals surface area contributed by atoms with Gasteiger partial charge in [-0.15, -0.1) is 0 Å². The Morgan fingerprint density at radius 3 is 2.57 bits per heavy atom. The molecule has 0 aromatic carbocycles. The predicted octanol–water partition coefficient (Wildman–Crippen LogP) is 2.02. The number of thioether (sulfide) groups is 1. The number of nitrogens with one attached hydrogen (secondary N) is 1. The fourth-order valence-corrected chi connectivity index (χ4v) is 4.28. The molecular weight excluding hydrogens is 392 g/mol. The monoisotopic (exact) mass is 413 g/mol. The molecular formula is C18H21F2N3O4S. The van der Waals surface area contributed by atoms with Crippen molar-refractivity contribution in [3.05, 3.63) is 17.8 Å². The van der Waals surface area contributed by atoms with Crippen LogP contribution < -0.4 is 15.0 Å². The lowest BCUT2D eigenvalue weighted by Gasteiger charge is -2.41. The van der Waals surface area contributed by atoms with Crippen molar-refractivity contribution >= 4 is 29.3 Å². The van der Waals surface area contributed by atoms with Crippen molar-refractivity contribution < 1.29 is 28.2 Å². The van der Waals surface area contributed by atoms with Crippen molar-refractivity contribution in [3.8, 4) is 5.88 Å². The van der Waals surface area contributed by atoms with E-state index < -0.39 is 36.4 Å². The third-order valence-corrected chi connectivity index (χ3v) is 6.55. The van der Waals surface area contributed by atoms with Gasteiger partial charge in [-0.2, -0.15) is 11.8 Å². The minimum absolute atomic E-state index is 0.0866. The maximum absolute atomic E-state index is 13.3. The number of ether oxygens (including phenoxy) is 1. The first-order chi connectivity index (χ1) is 13.3. The SMILES string of the molecule is O=C(O)CC1(NC(=O)c2ccc(N3CC(F)(F)C3)c(OCC3CC3)n2)CSC1. The molecule has 3 aliphatic rings. The average molecular weight is 413 g/mol. The molecule has 2 aliphatic heterocycles. The van der Waals surface area contributed by atoms with Crippen LogP contribution in [-0.4, -0.2) is 64.6 Å². The highest BCUT2D eigenvalue weighted by Gasteiger charge is 2.45. The lowest BCUT2D eigenvalue weighted by molar-refractivity contribution is -0.138. The highest BCUT2D eigenvalue weighted by atomic mass is 32.2. The first-order valence-electron chi connectivity index (χ1n) is 9.14. The molecule has 1 aliphatic carbocycles. The molecule has 1 aromatic heterocycles. The van der Waals surface area contributed by atoms with Crippen LogP contribution in [0.4, 0.5) is 14.5 Å². The number of carbonyl (C=O) groups is 2. The summed E-state index contributed by atoms with van der Waals surface area (Å²) in [5.74, 6) is -2.53. The van der Waals surface area contributed by atoms with Gasteiger partial charge < -0.3 is 20.1 Å². The van der Waals surface area contributed by atoms with Gasteiger partial charge in [-0.3, -0.25) is 9.59 Å². The highest BCUT2D eigenvalue weighted by molar-refractivity contribution is 8.00. The van der Waals surface area contributed by atoms with E-state index in [4.69, 9.17) is 9.84 Å². The summed E-state index contributed by atoms with van der Waals surface area (Å²) >= 11 is 1.56. The molecule has 1 aromatic rings. The summed E-state index contributed by atoms with van der Waals surface area (Å²) in [7, 11) is 0. The number of pyridine rings is 1. The summed E-state index contributed by atoms with van der Waals surface area (Å²) in [6, 6.07) is 3.03. The Kier molecular flexibility index (Phi) is 4.84. The number of hydrogen-bond donors (Lipinski definition) is 2. The lowest BCUT2D eigenvalue weighted by Crippen LogP contribution is -2.59. The van der Waals surface area contributed by atoms with Crippen molar-refractivity contribution in [2.75, 3.05) is 36.1 Å². The molecule has 3 heterocycles. The number of amides is 1. The molecule has 1 amide bonds. The van der Waals surface area contributed by atoms with E-state index in [2.05, 4.69) is 10.3 Å². The van der Waals surface area contributed by atoms with Gasteiger partial charge in [0.15, 0.2) is 0 Å². The first-order valence-corrected chi connectivity index (χ1v) is 10.3. The summed E-state index contributed by atoms with van der Waals surface area (Å²) < 4.78 is 32.2. The Hall–Kier alpha value is -2.10. The number of anilines is 1. The average Bonchev–Trinajstić information content (AvgIpc) is 3.39. The molecule has 0 radical (unpaired) electrons. The number of aromatic nitrogens is 1. The third kappa shape index (κ3) is 4.16. The van der Waals surface area contributed by atoms with E-state index in [0.29, 0.717) is 29.7 Å². The van der Waals surface area contributed by atoms with Crippen molar-refractivity contribution in [2.24, 2.45) is 5.92 Å². The second-order valence-electron chi connectivity index (χ2n) is 7.78. The number of rotatable bonds is 8. The van der Waals surface area contributed by atoms with Gasteiger partial charge in [0, 0.05) is 11.5 Å². The molecule has 28 heavy (non-hydrogen) atoms. The second kappa shape index (κ2) is 7.06. The zero-order chi connectivity index (χ0) is 19.9. The Bertz CT molecular complexity index is 791. The van der Waals surface area contributed by atoms with Gasteiger partial charge in [-0.05, 0) is 30.9 Å². The molecule has 152 valence electrons. The lowest BCUT2D eigenvalue weighted by atomic mass is 9.98. The number of aliphatic carboxylic acids is 1. The summed E-state index contributed by atoms with van der Waals surface area (Å²) in [4.78, 5) is 29.5. The normalized spacial score (nSPS) is 22.0. The van der Waals surface area contributed by atoms with Crippen LogP contribution >= 0.6 is 11.8 Å². The predicted molar refractivity (Wildman–Crippen MR) is 99.4 cm³/mol. The number of alkyl halides is 2. The van der Waals surface area contributed by atoms with Crippen LogP contribution in [0.25, 0.3) is 0 Å². The maximum Gasteiger partial charge on any atom is 0.305 e. The number of nitrogens with zero attached hydrogens (tertiary/aromatic N) is 2. The molecule has 7 nitrogen and oxygen atoms in total. The molecule has 0 unspecified atom stereocenters. The first kappa shape index (κ1) is 19.2. The van der Waals surface area contributed by atoms with E-state index in [1.807, 2.05) is 0 Å². The van der Waals surface area contributed by atoms with E-state index in [0.717, 1.165) is 12.8 Å². The molecule has 0 bridgehead atoms. The van der Waals surface area contributed by atoms with E-state index in [9.17, 15) is 18.4 Å². The molecule has 1 saturated carbocycles. The van der Waals surface area contributed by atoms with Crippen LogP contribution in [0.3, 0.4) is 0 Å². The summed E-state index contributed by atoms with van der Waals surface area (Å²) in [5.41, 5.74) is -0.242. The Morgan fingerprint density at radius 1 is 1.32 bits per heavy atom. The number of hydrogen-bond acceptors (Lipinski definition) is 6. The van der Waals surface area contributed by atoms with Gasteiger partial charge in [-0.25, -0.2) is 13.8 Å². The molecule has 4 rings (SSSR count). The van der Waals surface area contributed by atoms with E-state index >= 15 is 0 Å². The Balaban J connectivity index is 1.51. The van der Waals surface area contributed by atoms with Gasteiger partial charge in [-0.1, -0.05) is 0 Å². The van der Waals surface area contributed by atoms with Gasteiger partial charge in [0.1, 0.15) is 11.4 Å². The molecule has 0 atom stereocenters. The third-order valence-electron chi connectivity index (χ3n) is 5.04. The fourth-order valence-electron chi connectivity index (χ4n) is 3.23. The molecule has 10 heteroatoms. The van der Waals surface area contributed by atoms with Crippen molar-refractivity contribution in [1.82, 2.24) is 10.3 Å². The van der Waals surface area contributed by atoms with E-state index in [1.54, 1.807) is 17.8 Å². The summed E-state index contributed by atoms with van der Waals surface area (Å²) in [6.07, 6.45) is 1.97. The fraction of sp³-hybridized carbons (Fsp3) is 0.611. The topological polar surface area (TPSA) is 91.8 Å². The van der Waals surface area contributed by atoms with E-state index in [-0.39, 0.29) is 18.0 Å². The van der Waals surface area contributed by atoms with Gasteiger partial charge >= 0.3 is 5.97 Å². The molecule has 2 saturated heterocycles. The van der Waals surface area contributed by atoms with Gasteiger partial charge in [0.25, 0.3) is 11.8 Å². The smallest absolute Gasteiger partial charge is 0.305 e. The number of carboxylic acids is 1. The minimum Gasteiger partial charge on any atom is -0.481 e. The maximum atomic E-state index is 13.3. The number of carbonyl (C=O) groups excluding carboxylic acids is 1. The van der Waals surface area contributed by atoms with E-state index in [1.165, 1.54) is 11.0 Å². The van der Waals surface area contributed by atoms with Crippen LogP contribution in [0.1, 0.15) is 29.8 Å². The largest absolute Gasteiger partial charge is 0.481 e. The Morgan fingerprint density at radius 2 is 2.04 bits per heavy atom. The molecule has 3 fully saturated rings. The molecule has 0 spiro atoms. The van der Waals surface area contributed by atoms with Gasteiger partial charge in [0.2, 0.25) is 5.88 Å². The second-order valence-corrected chi connectivity index (χ2v) is 8.77. The summed E-state index contributed by atoms with van der Waals surface area (Å²) in [6.45, 7) is -0.368. The zero-order valence-corrected chi connectivity index (χ0v) is 15.9. The molecule has 2 N–H and O–H groups in total. The standard InChI is InChI=1S/C18H21F2N3O4S/c19-18(20)7-23(8-18)13-4-3-12(21-16(13)27-6-11-1-2-11)15(26)22-17(5-14(24)25)9-28-10-17/h3-4,11H,1-2,5-10H2,(H,22,26)(H,24,25). The van der Waals surface area contributed by atoms with Crippen molar-refractivity contribution in [3.63, 3.8) is 0 Å². The minimum atomic E-state index is -2.73. The van der Waals surface area contributed by atoms with Crippen LogP contribution in [-0.2, 0) is 4.79 Å². The van der Waals surface area contributed by atoms with Crippen LogP contribution in [0.2, 0.25) is 0 Å². The van der Waals surface area contributed by atoms with Crippen LogP contribution in [0, 0.1) is 5.92 Å². The quantitative estimate of drug-likeness (QED) is 0.674.